The van der Waals surface area contributed by atoms with Crippen LogP contribution in [-0.2, 0) is 20.7 Å². The van der Waals surface area contributed by atoms with Crippen LogP contribution in [0, 0.1) is 0 Å². The van der Waals surface area contributed by atoms with Crippen LogP contribution < -0.4 is 11.0 Å². The molecule has 2 saturated heterocycles. The number of nitrogens with zero attached hydrogens (tertiary/aromatic N) is 5. The average Bonchev–Trinajstić information content (AvgIpc) is 3.29. The molecule has 0 radical (unpaired) electrons. The van der Waals surface area contributed by atoms with Gasteiger partial charge in [-0.1, -0.05) is 25.5 Å². The molecular formula is C27H34N6O7. The van der Waals surface area contributed by atoms with Gasteiger partial charge < -0.3 is 24.4 Å². The minimum atomic E-state index is -1.34. The van der Waals surface area contributed by atoms with E-state index in [0.29, 0.717) is 12.1 Å². The van der Waals surface area contributed by atoms with E-state index >= 15 is 0 Å². The van der Waals surface area contributed by atoms with Crippen molar-refractivity contribution in [3.8, 4) is 5.69 Å². The molecule has 2 unspecified atom stereocenters. The highest BCUT2D eigenvalue weighted by Crippen LogP contribution is 2.32. The quantitative estimate of drug-likeness (QED) is 0.469. The van der Waals surface area contributed by atoms with Gasteiger partial charge in [0.1, 0.15) is 23.9 Å². The molecule has 2 fully saturated rings. The number of nitrogens with one attached hydrogen (secondary N) is 1. The van der Waals surface area contributed by atoms with Crippen LogP contribution in [0.4, 0.5) is 15.4 Å². The maximum Gasteiger partial charge on any atom is 0.410 e. The molecule has 2 N–H and O–H groups in total. The standard InChI is InChI=1S/C27H34N6O7/c1-3-4-8-22-33(26(38)39)27(2,18-40-22)23(35)30-12-14-31(15-13-30)24(36)28-21-9-11-32(25(37)29-21)20-7-5-6-19(17-20)10-16-34/h5-7,9,11,16-17,22H,3-4,8,10,12-15,18H2,1-2H3,(H,38,39)(H,28,29,36,37). The summed E-state index contributed by atoms with van der Waals surface area (Å²) in [6.45, 7) is 4.46. The van der Waals surface area contributed by atoms with Crippen LogP contribution in [0.1, 0.15) is 38.7 Å². The van der Waals surface area contributed by atoms with E-state index in [1.165, 1.54) is 21.7 Å². The van der Waals surface area contributed by atoms with Gasteiger partial charge in [0, 0.05) is 38.8 Å². The summed E-state index contributed by atoms with van der Waals surface area (Å²) in [4.78, 5) is 69.9. The molecule has 4 amide bonds. The zero-order valence-corrected chi connectivity index (χ0v) is 22.6. The largest absolute Gasteiger partial charge is 0.465 e. The number of carbonyl (C=O) groups excluding carboxylic acids is 3. The molecule has 214 valence electrons. The first-order valence-electron chi connectivity index (χ1n) is 13.3. The highest BCUT2D eigenvalue weighted by Gasteiger charge is 2.53. The molecule has 1 aromatic carbocycles. The van der Waals surface area contributed by atoms with E-state index in [2.05, 4.69) is 10.3 Å². The van der Waals surface area contributed by atoms with Crippen molar-refractivity contribution in [3.05, 3.63) is 52.6 Å². The Morgan fingerprint density at radius 1 is 1.18 bits per heavy atom. The fourth-order valence-electron chi connectivity index (χ4n) is 5.05. The molecule has 2 aliphatic heterocycles. The summed E-state index contributed by atoms with van der Waals surface area (Å²) in [7, 11) is 0. The van der Waals surface area contributed by atoms with Crippen LogP contribution >= 0.6 is 0 Å². The van der Waals surface area contributed by atoms with Gasteiger partial charge in [-0.15, -0.1) is 0 Å². The summed E-state index contributed by atoms with van der Waals surface area (Å²) >= 11 is 0. The van der Waals surface area contributed by atoms with E-state index < -0.39 is 29.6 Å². The Kier molecular flexibility index (Phi) is 8.83. The molecule has 2 atom stereocenters. The van der Waals surface area contributed by atoms with Gasteiger partial charge in [0.05, 0.1) is 12.3 Å². The minimum Gasteiger partial charge on any atom is -0.465 e. The van der Waals surface area contributed by atoms with Gasteiger partial charge >= 0.3 is 17.8 Å². The van der Waals surface area contributed by atoms with Gasteiger partial charge in [0.25, 0.3) is 5.91 Å². The third-order valence-electron chi connectivity index (χ3n) is 7.25. The normalized spacial score (nSPS) is 20.9. The van der Waals surface area contributed by atoms with Crippen LogP contribution in [-0.4, -0.2) is 98.2 Å². The van der Waals surface area contributed by atoms with Crippen LogP contribution in [0.2, 0.25) is 0 Å². The number of urea groups is 1. The second-order valence-electron chi connectivity index (χ2n) is 10.0. The minimum absolute atomic E-state index is 0.0220. The van der Waals surface area contributed by atoms with Gasteiger partial charge in [0.15, 0.2) is 0 Å². The molecule has 1 aromatic heterocycles. The van der Waals surface area contributed by atoms with Crippen molar-refractivity contribution >= 4 is 30.1 Å². The van der Waals surface area contributed by atoms with Crippen molar-refractivity contribution < 1.29 is 29.0 Å². The fourth-order valence-corrected chi connectivity index (χ4v) is 5.05. The average molecular weight is 555 g/mol. The Labute approximate surface area is 231 Å². The molecule has 2 aromatic rings. The number of carboxylic acid groups (broad SMARTS) is 1. The lowest BCUT2D eigenvalue weighted by atomic mass is 9.99. The van der Waals surface area contributed by atoms with Gasteiger partial charge in [-0.25, -0.2) is 14.4 Å². The van der Waals surface area contributed by atoms with Crippen molar-refractivity contribution in [2.75, 3.05) is 38.1 Å². The van der Waals surface area contributed by atoms with E-state index in [-0.39, 0.29) is 50.9 Å². The summed E-state index contributed by atoms with van der Waals surface area (Å²) in [5.41, 5.74) is -0.621. The number of hydrogen-bond donors (Lipinski definition) is 2. The molecule has 4 rings (SSSR count). The zero-order valence-electron chi connectivity index (χ0n) is 22.6. The van der Waals surface area contributed by atoms with Crippen LogP contribution in [0.3, 0.4) is 0 Å². The van der Waals surface area contributed by atoms with Gasteiger partial charge in [-0.05, 0) is 43.5 Å². The van der Waals surface area contributed by atoms with Gasteiger partial charge in [0.2, 0.25) is 0 Å². The number of hydrogen-bond acceptors (Lipinski definition) is 7. The maximum absolute atomic E-state index is 13.4. The second-order valence-corrected chi connectivity index (χ2v) is 10.0. The molecule has 13 nitrogen and oxygen atoms in total. The molecule has 40 heavy (non-hydrogen) atoms. The number of carbonyl (C=O) groups is 4. The smallest absolute Gasteiger partial charge is 0.410 e. The number of anilines is 1. The Morgan fingerprint density at radius 2 is 1.90 bits per heavy atom. The van der Waals surface area contributed by atoms with E-state index in [0.717, 1.165) is 29.6 Å². The van der Waals surface area contributed by atoms with Crippen LogP contribution in [0.15, 0.2) is 41.3 Å². The summed E-state index contributed by atoms with van der Waals surface area (Å²) < 4.78 is 7.03. The van der Waals surface area contributed by atoms with Crippen molar-refractivity contribution in [1.82, 2.24) is 24.3 Å². The molecule has 0 aliphatic carbocycles. The van der Waals surface area contributed by atoms with Crippen molar-refractivity contribution in [1.29, 1.82) is 0 Å². The van der Waals surface area contributed by atoms with Crippen molar-refractivity contribution in [3.63, 3.8) is 0 Å². The molecule has 13 heteroatoms. The predicted octanol–water partition coefficient (Wildman–Crippen LogP) is 1.94. The number of piperazine rings is 1. The third-order valence-corrected chi connectivity index (χ3v) is 7.25. The highest BCUT2D eigenvalue weighted by molar-refractivity contribution is 5.91. The number of aldehydes is 1. The number of rotatable bonds is 8. The van der Waals surface area contributed by atoms with E-state index in [4.69, 9.17) is 4.74 Å². The first-order chi connectivity index (χ1) is 19.2. The lowest BCUT2D eigenvalue weighted by Crippen LogP contribution is -2.62. The fraction of sp³-hybridized carbons (Fsp3) is 0.481. The van der Waals surface area contributed by atoms with E-state index in [9.17, 15) is 29.1 Å². The lowest BCUT2D eigenvalue weighted by Gasteiger charge is -2.40. The van der Waals surface area contributed by atoms with Gasteiger partial charge in [-0.3, -0.25) is 19.6 Å². The van der Waals surface area contributed by atoms with Crippen LogP contribution in [0.25, 0.3) is 5.69 Å². The number of aromatic nitrogens is 2. The lowest BCUT2D eigenvalue weighted by molar-refractivity contribution is -0.142. The molecule has 0 spiro atoms. The number of unbranched alkanes of at least 4 members (excludes halogenated alkanes) is 1. The van der Waals surface area contributed by atoms with Crippen molar-refractivity contribution in [2.24, 2.45) is 0 Å². The topological polar surface area (TPSA) is 154 Å². The van der Waals surface area contributed by atoms with E-state index in [1.807, 2.05) is 6.92 Å². The first kappa shape index (κ1) is 28.7. The second kappa shape index (κ2) is 12.3. The zero-order chi connectivity index (χ0) is 28.9. The third kappa shape index (κ3) is 5.98. The molecular weight excluding hydrogens is 520 g/mol. The summed E-state index contributed by atoms with van der Waals surface area (Å²) in [5, 5.41) is 12.5. The molecule has 3 heterocycles. The molecule has 2 aliphatic rings. The number of ether oxygens (including phenoxy) is 1. The van der Waals surface area contributed by atoms with E-state index in [1.54, 1.807) is 36.1 Å². The maximum atomic E-state index is 13.4. The number of amides is 4. The summed E-state index contributed by atoms with van der Waals surface area (Å²) in [6.07, 6.45) is 2.83. The Balaban J connectivity index is 1.36. The Hall–Kier alpha value is -4.26. The van der Waals surface area contributed by atoms with Crippen LogP contribution in [0.5, 0.6) is 0 Å². The Bertz CT molecular complexity index is 1320. The highest BCUT2D eigenvalue weighted by atomic mass is 16.5. The molecule has 0 saturated carbocycles. The number of benzene rings is 1. The Morgan fingerprint density at radius 3 is 2.55 bits per heavy atom. The monoisotopic (exact) mass is 554 g/mol. The SMILES string of the molecule is CCCCC1OCC(C)(C(=O)N2CCN(C(=O)Nc3ccn(-c4cccc(CC=O)c4)c(=O)n3)CC2)N1C(=O)O. The van der Waals surface area contributed by atoms with Crippen molar-refractivity contribution in [2.45, 2.75) is 51.3 Å². The van der Waals surface area contributed by atoms with Gasteiger partial charge in [-0.2, -0.15) is 4.98 Å². The molecule has 0 bridgehead atoms. The summed E-state index contributed by atoms with van der Waals surface area (Å²) in [6, 6.07) is 8.00. The predicted molar refractivity (Wildman–Crippen MR) is 144 cm³/mol. The summed E-state index contributed by atoms with van der Waals surface area (Å²) in [5.74, 6) is -0.268. The first-order valence-corrected chi connectivity index (χ1v) is 13.3.